The molecule has 0 spiro atoms. The van der Waals surface area contributed by atoms with Gasteiger partial charge >= 0.3 is 93.9 Å². The van der Waals surface area contributed by atoms with E-state index in [2.05, 4.69) is 31.8 Å². The maximum atomic E-state index is 14.1. The lowest BCUT2D eigenvalue weighted by Crippen LogP contribution is -2.38. The molecule has 10 unspecified atom stereocenters. The van der Waals surface area contributed by atoms with Crippen molar-refractivity contribution in [2.45, 2.75) is 182 Å². The number of hydrogen-bond donors (Lipinski definition) is 15. The summed E-state index contributed by atoms with van der Waals surface area (Å²) in [4.78, 5) is 157. The van der Waals surface area contributed by atoms with E-state index in [0.717, 1.165) is 44.2 Å². The fraction of sp³-hybridized carbons (Fsp3) is 0.341. The summed E-state index contributed by atoms with van der Waals surface area (Å²) in [6.07, 6.45) is 7.16. The third kappa shape index (κ3) is 27.5. The van der Waals surface area contributed by atoms with Crippen molar-refractivity contribution < 1.29 is 203 Å². The number of carbonyl (C=O) groups excluding carboxylic acids is 3. The molecule has 5 aromatic carbocycles. The van der Waals surface area contributed by atoms with Crippen LogP contribution < -0.4 is 14.2 Å². The van der Waals surface area contributed by atoms with Crippen molar-refractivity contribution in [2.75, 3.05) is 0 Å². The number of nitrogens with zero attached hydrogens (tertiary/aromatic N) is 5. The molecule has 10 aromatic rings. The summed E-state index contributed by atoms with van der Waals surface area (Å²) in [7, 11) is -50.9. The van der Waals surface area contributed by atoms with Crippen molar-refractivity contribution in [1.82, 2.24) is 24.9 Å². The highest BCUT2D eigenvalue weighted by atomic mass is 31.3. The van der Waals surface area contributed by atoms with Crippen LogP contribution in [0.4, 0.5) is 8.78 Å². The molecule has 15 rings (SSSR count). The Morgan fingerprint density at radius 2 is 0.623 bits per heavy atom. The van der Waals surface area contributed by atoms with Gasteiger partial charge in [0.2, 0.25) is 31.5 Å². The number of benzene rings is 5. The summed E-state index contributed by atoms with van der Waals surface area (Å²) >= 11 is 0. The predicted octanol–water partition coefficient (Wildman–Crippen LogP) is 16.4. The Bertz CT molecular complexity index is 6660. The Balaban J connectivity index is 0.000000174. The maximum Gasteiger partial charge on any atom is 0.374 e. The second-order valence-electron chi connectivity index (χ2n) is 33.7. The van der Waals surface area contributed by atoms with Crippen LogP contribution in [0.3, 0.4) is 0 Å². The van der Waals surface area contributed by atoms with Crippen LogP contribution in [-0.2, 0) is 137 Å². The monoisotopic (exact) mass is 2230 g/mol. The molecule has 58 heteroatoms. The molecule has 0 radical (unpaired) electrons. The van der Waals surface area contributed by atoms with Crippen LogP contribution in [0, 0.1) is 31.4 Å². The van der Waals surface area contributed by atoms with Gasteiger partial charge in [0.1, 0.15) is 28.9 Å². The van der Waals surface area contributed by atoms with Crippen LogP contribution in [-0.4, -0.2) is 143 Å². The molecule has 5 aliphatic heterocycles. The van der Waals surface area contributed by atoms with E-state index < -0.39 is 189 Å². The van der Waals surface area contributed by atoms with Crippen LogP contribution in [0.1, 0.15) is 177 Å². The molecule has 5 fully saturated rings. The van der Waals surface area contributed by atoms with E-state index in [1.807, 2.05) is 6.92 Å². The van der Waals surface area contributed by atoms with Crippen molar-refractivity contribution in [1.29, 1.82) is 0 Å². The second kappa shape index (κ2) is 47.9. The highest BCUT2D eigenvalue weighted by molar-refractivity contribution is 7.75. The average molecular weight is 2230 g/mol. The van der Waals surface area contributed by atoms with E-state index in [0.29, 0.717) is 17.5 Å². The largest absolute Gasteiger partial charge is 0.427 e. The molecule has 46 nitrogen and oxygen atoms in total. The topological polar surface area (TPSA) is 710 Å². The van der Waals surface area contributed by atoms with Crippen LogP contribution >= 0.6 is 76.0 Å². The lowest BCUT2D eigenvalue weighted by Gasteiger charge is -2.41. The number of rotatable bonds is 27. The van der Waals surface area contributed by atoms with Gasteiger partial charge in [-0.3, -0.25) is 130 Å². The highest BCUT2D eigenvalue weighted by Gasteiger charge is 2.72. The minimum Gasteiger partial charge on any atom is -0.427 e. The molecule has 0 aliphatic carbocycles. The van der Waals surface area contributed by atoms with E-state index in [1.54, 1.807) is 27.7 Å². The third-order valence-corrected chi connectivity index (χ3v) is 45.1. The summed E-state index contributed by atoms with van der Waals surface area (Å²) in [5.41, 5.74) is 1.94. The van der Waals surface area contributed by atoms with Gasteiger partial charge in [-0.05, 0) is 145 Å². The molecule has 0 amide bonds. The van der Waals surface area contributed by atoms with E-state index >= 15 is 0 Å². The molecule has 5 saturated heterocycles. The zero-order valence-electron chi connectivity index (χ0n) is 77.9. The second-order valence-corrected chi connectivity index (χ2v) is 55.4. The van der Waals surface area contributed by atoms with Crippen molar-refractivity contribution in [3.05, 3.63) is 310 Å². The molecule has 0 saturated carbocycles. The zero-order valence-corrected chi connectivity index (χ0v) is 86.8. The molecular weight excluding hydrogens is 2130 g/mol. The molecule has 5 aliphatic rings. The van der Waals surface area contributed by atoms with Crippen molar-refractivity contribution >= 4 is 93.9 Å². The number of hydrogen-bond acceptors (Lipinski definition) is 36. The standard InChI is InChI=1S/C22H29NO9P2.2C18H21NO9P2.2C15H16FNO7P2/c1-2-3-4-5-6-9-20(24)30-19-12-10-18(11-13-19)21-31-33(26,27)22(25,34(28,29)32-21)15-17-8-7-14-23-16-17;1-12(2)16(20)26-15-7-5-14(6-8-15)17-27-29(22,23)18(21,30(24,25)28-17)10-13-4-3-9-19-11-13;1-2-5-16(20)26-15-8-3-7-14(10-15)17-27-29(22,23)18(21,30(24,25)28-17)11-13-6-4-9-19-12-13;1-10-4-5-13(16)12(7-10)14-23-25(19,20)15(18,26(21,22)24-14)8-11-3-2-6-17-9-11;1-10-4-5-12(13(16)7-10)14-23-25(19,20)15(18,26(21,22)24-14)8-11-3-2-6-17-9-11/h7-8,10-14,16,21,25H,2-6,9,15H2,1H3,(H,26,27)(H,28,29);3-9,11-12,17,21H,10H2,1-2H3,(H,22,23)(H,24,25);3-4,6-10,12,17,21H,2,5,11H2,1H3,(H,22,23)(H,24,25);2*2-7,9,14,18H,8H2,1H3,(H,19,20)(H,21,22). The summed E-state index contributed by atoms with van der Waals surface area (Å²) in [6, 6.07) is 39.0. The molecule has 146 heavy (non-hydrogen) atoms. The normalized spacial score (nSPS) is 32.0. The number of aliphatic hydroxyl groups is 5. The minimum absolute atomic E-state index is 0.0591. The number of ether oxygens (including phenoxy) is 3. The fourth-order valence-corrected chi connectivity index (χ4v) is 31.8. The maximum absolute atomic E-state index is 14.1. The van der Waals surface area contributed by atoms with Gasteiger partial charge < -0.3 is 88.7 Å². The first-order valence-corrected chi connectivity index (χ1v) is 59.6. The van der Waals surface area contributed by atoms with Gasteiger partial charge in [0.05, 0.1) is 5.92 Å². The van der Waals surface area contributed by atoms with Crippen molar-refractivity contribution in [3.63, 3.8) is 0 Å². The summed E-state index contributed by atoms with van der Waals surface area (Å²) in [5.74, 6) is -2.78. The average Bonchev–Trinajstić information content (AvgIpc) is 0.763. The summed E-state index contributed by atoms with van der Waals surface area (Å²) in [5, 5.41) is 37.8. The van der Waals surface area contributed by atoms with Crippen LogP contribution in [0.25, 0.3) is 0 Å². The number of carbonyl (C=O) groups is 3. The minimum atomic E-state index is -5.13. The number of halogens is 2. The quantitative estimate of drug-likeness (QED) is 0.00984. The molecule has 0 bridgehead atoms. The number of esters is 3. The Labute approximate surface area is 832 Å². The lowest BCUT2D eigenvalue weighted by molar-refractivity contribution is -0.138. The summed E-state index contributed by atoms with van der Waals surface area (Å²) in [6.45, 7) is 10.5. The van der Waals surface area contributed by atoms with Gasteiger partial charge in [0.15, 0.2) is 0 Å². The number of aryl methyl sites for hydroxylation is 2. The van der Waals surface area contributed by atoms with E-state index in [-0.39, 0.29) is 97.6 Å². The fourth-order valence-electron chi connectivity index (χ4n) is 14.0. The molecule has 5 aromatic heterocycles. The molecule has 10 atom stereocenters. The van der Waals surface area contributed by atoms with Crippen LogP contribution in [0.2, 0.25) is 0 Å². The first-order valence-electron chi connectivity index (χ1n) is 43.9. The predicted molar refractivity (Wildman–Crippen MR) is 509 cm³/mol. The first-order chi connectivity index (χ1) is 68.2. The van der Waals surface area contributed by atoms with Crippen molar-refractivity contribution in [2.24, 2.45) is 5.92 Å². The molecule has 15 N–H and O–H groups in total. The van der Waals surface area contributed by atoms with Crippen LogP contribution in [0.5, 0.6) is 17.2 Å². The van der Waals surface area contributed by atoms with Gasteiger partial charge in [0, 0.05) is 135 Å². The van der Waals surface area contributed by atoms with Gasteiger partial charge in [-0.1, -0.05) is 144 Å². The van der Waals surface area contributed by atoms with Crippen LogP contribution in [0.15, 0.2) is 232 Å². The van der Waals surface area contributed by atoms with Gasteiger partial charge in [0.25, 0.3) is 25.4 Å². The van der Waals surface area contributed by atoms with E-state index in [1.165, 1.54) is 220 Å². The highest BCUT2D eigenvalue weighted by Crippen LogP contribution is 2.84. The number of unbranched alkanes of at least 4 members (excludes halogenated alkanes) is 4. The SMILES string of the molecule is CC(C)C(=O)Oc1ccc(C2OP(=O)(O)C(O)(Cc3cccnc3)P(=O)(O)O2)cc1.CCCC(=O)Oc1cccc(C2OP(=O)(O)C(O)(Cc3cccnc3)P(=O)(O)O2)c1.CCCCCCCC(=O)Oc1ccc(C2OP(=O)(O)C(O)(Cc3cccnc3)P(=O)(O)O2)cc1.Cc1ccc(C2OP(=O)(O)C(O)(Cc3cccnc3)P(=O)(O)O2)c(F)c1.Cc1ccc(F)c(C2OP(=O)(O)C(O)(Cc3cccnc3)P(=O)(O)O2)c1. The molecule has 10 heterocycles. The number of aromatic nitrogens is 5. The first kappa shape index (κ1) is 118. The molecule has 790 valence electrons. The van der Waals surface area contributed by atoms with Gasteiger partial charge in [-0.2, -0.15) is 0 Å². The Morgan fingerprint density at radius 3 is 0.945 bits per heavy atom. The lowest BCUT2D eigenvalue weighted by atomic mass is 10.1. The van der Waals surface area contributed by atoms with Gasteiger partial charge in [-0.25, -0.2) is 8.78 Å². The zero-order chi connectivity index (χ0) is 107. The third-order valence-electron chi connectivity index (χ3n) is 22.1. The Hall–Kier alpha value is -8.58. The van der Waals surface area contributed by atoms with Gasteiger partial charge in [-0.15, -0.1) is 0 Å². The van der Waals surface area contributed by atoms with E-state index in [4.69, 9.17) is 59.4 Å². The Morgan fingerprint density at radius 1 is 0.322 bits per heavy atom. The smallest absolute Gasteiger partial charge is 0.374 e. The Kier molecular flexibility index (Phi) is 38.6. The van der Waals surface area contributed by atoms with E-state index in [9.17, 15) is 143 Å². The summed E-state index contributed by atoms with van der Waals surface area (Å²) < 4.78 is 221. The van der Waals surface area contributed by atoms with Crippen molar-refractivity contribution in [3.8, 4) is 17.2 Å². The molecular formula is C88H103F2N5O41P10. The number of pyridine rings is 5.